The van der Waals surface area contributed by atoms with E-state index in [4.69, 9.17) is 5.11 Å². The standard InChI is InChI=1S/C7H11BrO3.C4H10.H2S/c1-4(9)5(8)7(2,3)6(10)11;1-4(2)3;/h5H,1-3H3,(H,10,11);4H,1-3H3;1H2. The third kappa shape index (κ3) is 9.21. The van der Waals surface area contributed by atoms with Crippen LogP contribution in [-0.4, -0.2) is 21.7 Å². The number of halogens is 1. The van der Waals surface area contributed by atoms with E-state index in [1.165, 1.54) is 20.8 Å². The first-order valence-electron chi connectivity index (χ1n) is 4.91. The van der Waals surface area contributed by atoms with E-state index in [2.05, 4.69) is 36.7 Å². The first kappa shape index (κ1) is 21.3. The number of carbonyl (C=O) groups is 2. The van der Waals surface area contributed by atoms with E-state index in [1.807, 2.05) is 0 Å². The van der Waals surface area contributed by atoms with Crippen LogP contribution < -0.4 is 0 Å². The minimum atomic E-state index is -1.04. The number of hydrogen-bond acceptors (Lipinski definition) is 2. The minimum absolute atomic E-state index is 0. The van der Waals surface area contributed by atoms with Crippen molar-refractivity contribution in [3.05, 3.63) is 0 Å². The molecule has 0 spiro atoms. The SMILES string of the molecule is CC(=O)C(Br)C(C)(C)C(=O)O.CC(C)C.S. The second-order valence-electron chi connectivity index (χ2n) is 4.73. The zero-order valence-corrected chi connectivity index (χ0v) is 13.4. The second-order valence-corrected chi connectivity index (χ2v) is 5.65. The molecule has 98 valence electrons. The van der Waals surface area contributed by atoms with Gasteiger partial charge in [-0.2, -0.15) is 13.5 Å². The molecule has 1 unspecified atom stereocenters. The van der Waals surface area contributed by atoms with E-state index in [1.54, 1.807) is 0 Å². The predicted octanol–water partition coefficient (Wildman–Crippen LogP) is 3.22. The van der Waals surface area contributed by atoms with Crippen LogP contribution in [0.15, 0.2) is 0 Å². The summed E-state index contributed by atoms with van der Waals surface area (Å²) < 4.78 is 0. The molecule has 0 saturated heterocycles. The highest BCUT2D eigenvalue weighted by atomic mass is 79.9. The molecule has 0 heterocycles. The molecule has 0 aliphatic heterocycles. The smallest absolute Gasteiger partial charge is 0.310 e. The number of hydrogen-bond donors (Lipinski definition) is 1. The zero-order valence-electron chi connectivity index (χ0n) is 10.8. The number of Topliss-reactive ketones (excluding diaryl/α,β-unsaturated/α-hetero) is 1. The first-order chi connectivity index (χ1) is 6.53. The number of carboxylic acid groups (broad SMARTS) is 1. The van der Waals surface area contributed by atoms with Crippen LogP contribution in [0.4, 0.5) is 0 Å². The number of ketones is 1. The van der Waals surface area contributed by atoms with Crippen molar-refractivity contribution in [2.75, 3.05) is 0 Å². The molecule has 16 heavy (non-hydrogen) atoms. The van der Waals surface area contributed by atoms with Crippen molar-refractivity contribution in [1.82, 2.24) is 0 Å². The Kier molecular flexibility index (Phi) is 12.0. The lowest BCUT2D eigenvalue weighted by Crippen LogP contribution is -2.37. The van der Waals surface area contributed by atoms with Gasteiger partial charge in [-0.15, -0.1) is 0 Å². The third-order valence-electron chi connectivity index (χ3n) is 1.54. The summed E-state index contributed by atoms with van der Waals surface area (Å²) in [5.74, 6) is -0.313. The van der Waals surface area contributed by atoms with Gasteiger partial charge in [0.1, 0.15) is 5.78 Å². The monoisotopic (exact) mass is 314 g/mol. The quantitative estimate of drug-likeness (QED) is 0.814. The van der Waals surface area contributed by atoms with Crippen molar-refractivity contribution in [2.24, 2.45) is 11.3 Å². The Morgan fingerprint density at radius 3 is 1.50 bits per heavy atom. The predicted molar refractivity (Wildman–Crippen MR) is 75.7 cm³/mol. The number of aliphatic carboxylic acids is 1. The number of alkyl halides is 1. The number of carbonyl (C=O) groups excluding carboxylic acids is 1. The van der Waals surface area contributed by atoms with E-state index in [9.17, 15) is 9.59 Å². The van der Waals surface area contributed by atoms with Gasteiger partial charge in [-0.1, -0.05) is 36.7 Å². The molecule has 1 N–H and O–H groups in total. The fourth-order valence-electron chi connectivity index (χ4n) is 0.617. The van der Waals surface area contributed by atoms with Crippen LogP contribution in [0.1, 0.15) is 41.5 Å². The van der Waals surface area contributed by atoms with Crippen molar-refractivity contribution in [3.63, 3.8) is 0 Å². The average Bonchev–Trinajstić information content (AvgIpc) is 2.01. The van der Waals surface area contributed by atoms with Crippen LogP contribution >= 0.6 is 29.4 Å². The third-order valence-corrected chi connectivity index (χ3v) is 3.33. The van der Waals surface area contributed by atoms with Crippen molar-refractivity contribution >= 4 is 41.2 Å². The molecule has 0 fully saturated rings. The first-order valence-corrected chi connectivity index (χ1v) is 5.83. The highest BCUT2D eigenvalue weighted by molar-refractivity contribution is 9.10. The fraction of sp³-hybridized carbons (Fsp3) is 0.818. The minimum Gasteiger partial charge on any atom is -0.481 e. The van der Waals surface area contributed by atoms with E-state index in [-0.39, 0.29) is 19.3 Å². The fourth-order valence-corrected chi connectivity index (χ4v) is 0.812. The molecule has 3 nitrogen and oxygen atoms in total. The van der Waals surface area contributed by atoms with Gasteiger partial charge in [0.25, 0.3) is 0 Å². The van der Waals surface area contributed by atoms with Gasteiger partial charge in [-0.25, -0.2) is 0 Å². The molecule has 5 heteroatoms. The molecule has 0 aromatic heterocycles. The van der Waals surface area contributed by atoms with E-state index in [0.29, 0.717) is 0 Å². The van der Waals surface area contributed by atoms with Gasteiger partial charge in [0, 0.05) is 0 Å². The van der Waals surface area contributed by atoms with Crippen molar-refractivity contribution in [1.29, 1.82) is 0 Å². The van der Waals surface area contributed by atoms with Gasteiger partial charge in [0.05, 0.1) is 10.2 Å². The molecule has 0 aliphatic rings. The summed E-state index contributed by atoms with van der Waals surface area (Å²) in [5, 5.41) is 8.68. The highest BCUT2D eigenvalue weighted by Gasteiger charge is 2.37. The Labute approximate surface area is 114 Å². The van der Waals surface area contributed by atoms with Gasteiger partial charge in [0.2, 0.25) is 0 Å². The maximum absolute atomic E-state index is 10.8. The Morgan fingerprint density at radius 1 is 1.19 bits per heavy atom. The molecular weight excluding hydrogens is 292 g/mol. The number of rotatable bonds is 3. The maximum Gasteiger partial charge on any atom is 0.310 e. The van der Waals surface area contributed by atoms with E-state index in [0.717, 1.165) is 5.92 Å². The van der Waals surface area contributed by atoms with Crippen molar-refractivity contribution in [3.8, 4) is 0 Å². The average molecular weight is 315 g/mol. The van der Waals surface area contributed by atoms with E-state index < -0.39 is 16.2 Å². The Morgan fingerprint density at radius 2 is 1.44 bits per heavy atom. The van der Waals surface area contributed by atoms with E-state index >= 15 is 0 Å². The summed E-state index contributed by atoms with van der Waals surface area (Å²) in [5.41, 5.74) is -1.04. The number of carboxylic acids is 1. The summed E-state index contributed by atoms with van der Waals surface area (Å²) >= 11 is 3.03. The normalized spacial score (nSPS) is 12.0. The summed E-state index contributed by atoms with van der Waals surface area (Å²) in [6, 6.07) is 0. The molecule has 0 bridgehead atoms. The van der Waals surface area contributed by atoms with Crippen molar-refractivity contribution < 1.29 is 14.7 Å². The summed E-state index contributed by atoms with van der Waals surface area (Å²) in [7, 11) is 0. The molecule has 0 aromatic carbocycles. The van der Waals surface area contributed by atoms with Gasteiger partial charge in [-0.05, 0) is 26.7 Å². The Bertz CT molecular complexity index is 225. The molecule has 0 saturated carbocycles. The molecule has 0 aliphatic carbocycles. The lowest BCUT2D eigenvalue weighted by molar-refractivity contribution is -0.148. The Hall–Kier alpha value is -0.0300. The maximum atomic E-state index is 10.8. The summed E-state index contributed by atoms with van der Waals surface area (Å²) in [6.07, 6.45) is 0. The largest absolute Gasteiger partial charge is 0.481 e. The Balaban J connectivity index is -0.000000292. The summed E-state index contributed by atoms with van der Waals surface area (Å²) in [6.45, 7) is 10.9. The van der Waals surface area contributed by atoms with Gasteiger partial charge in [-0.3, -0.25) is 9.59 Å². The van der Waals surface area contributed by atoms with Gasteiger partial charge < -0.3 is 5.11 Å². The van der Waals surface area contributed by atoms with Gasteiger partial charge in [0.15, 0.2) is 0 Å². The highest BCUT2D eigenvalue weighted by Crippen LogP contribution is 2.27. The second kappa shape index (κ2) is 9.05. The molecule has 1 atom stereocenters. The summed E-state index contributed by atoms with van der Waals surface area (Å²) in [4.78, 5) is 20.8. The van der Waals surface area contributed by atoms with Crippen molar-refractivity contribution in [2.45, 2.75) is 46.4 Å². The lowest BCUT2D eigenvalue weighted by atomic mass is 9.88. The molecular formula is C11H23BrO3S. The van der Waals surface area contributed by atoms with Gasteiger partial charge >= 0.3 is 5.97 Å². The van der Waals surface area contributed by atoms with Crippen LogP contribution in [0.2, 0.25) is 0 Å². The molecule has 0 radical (unpaired) electrons. The topological polar surface area (TPSA) is 54.4 Å². The lowest BCUT2D eigenvalue weighted by Gasteiger charge is -2.22. The van der Waals surface area contributed by atoms with Crippen LogP contribution in [-0.2, 0) is 9.59 Å². The van der Waals surface area contributed by atoms with Crippen LogP contribution in [0, 0.1) is 11.3 Å². The molecule has 0 amide bonds. The van der Waals surface area contributed by atoms with Crippen LogP contribution in [0.5, 0.6) is 0 Å². The molecule has 0 rings (SSSR count). The van der Waals surface area contributed by atoms with Crippen LogP contribution in [0.3, 0.4) is 0 Å². The molecule has 0 aromatic rings. The van der Waals surface area contributed by atoms with Crippen LogP contribution in [0.25, 0.3) is 0 Å². The zero-order chi connectivity index (χ0) is 12.8.